The molecule has 0 bridgehead atoms. The molecular weight excluding hydrogens is 332 g/mol. The van der Waals surface area contributed by atoms with Crippen LogP contribution in [0.1, 0.15) is 42.1 Å². The summed E-state index contributed by atoms with van der Waals surface area (Å²) < 4.78 is 10.6. The zero-order valence-electron chi connectivity index (χ0n) is 15.3. The number of nitriles is 1. The third-order valence-electron chi connectivity index (χ3n) is 4.47. The molecule has 6 heteroatoms. The van der Waals surface area contributed by atoms with Gasteiger partial charge in [0.2, 0.25) is 5.06 Å². The maximum Gasteiger partial charge on any atom is 0.218 e. The predicted molar refractivity (Wildman–Crippen MR) is 101 cm³/mol. The fourth-order valence-corrected chi connectivity index (χ4v) is 3.43. The Bertz CT molecular complexity index is 872. The summed E-state index contributed by atoms with van der Waals surface area (Å²) in [7, 11) is 3.88. The molecule has 1 aliphatic rings. The van der Waals surface area contributed by atoms with Gasteiger partial charge in [0.05, 0.1) is 17.7 Å². The zero-order chi connectivity index (χ0) is 18.2. The summed E-state index contributed by atoms with van der Waals surface area (Å²) in [5.74, 6) is 0.744. The molecule has 0 amide bonds. The Morgan fingerprint density at radius 3 is 2.64 bits per heavy atom. The molecular formula is C19H22N4OS. The summed E-state index contributed by atoms with van der Waals surface area (Å²) >= 11 is 1.26. The van der Waals surface area contributed by atoms with Gasteiger partial charge < -0.3 is 9.64 Å². The quantitative estimate of drug-likeness (QED) is 0.577. The molecule has 0 radical (unpaired) electrons. The van der Waals surface area contributed by atoms with Gasteiger partial charge >= 0.3 is 0 Å². The average molecular weight is 354 g/mol. The summed E-state index contributed by atoms with van der Waals surface area (Å²) in [6.07, 6.45) is 3.95. The molecule has 1 aliphatic carbocycles. The van der Waals surface area contributed by atoms with E-state index in [0.717, 1.165) is 41.1 Å². The van der Waals surface area contributed by atoms with Crippen LogP contribution in [-0.4, -0.2) is 29.7 Å². The van der Waals surface area contributed by atoms with Gasteiger partial charge in [-0.2, -0.15) is 9.64 Å². The highest BCUT2D eigenvalue weighted by atomic mass is 32.1. The van der Waals surface area contributed by atoms with Gasteiger partial charge in [-0.05, 0) is 49.9 Å². The molecule has 2 aromatic rings. The van der Waals surface area contributed by atoms with Gasteiger partial charge in [-0.25, -0.2) is 4.99 Å². The maximum absolute atomic E-state index is 9.56. The molecule has 0 unspecified atom stereocenters. The van der Waals surface area contributed by atoms with Crippen molar-refractivity contribution in [3.8, 4) is 16.9 Å². The first-order chi connectivity index (χ1) is 11.8. The average Bonchev–Trinajstić information content (AvgIpc) is 3.16. The number of benzene rings is 1. The number of hydrogen-bond donors (Lipinski definition) is 0. The molecule has 1 saturated carbocycles. The second-order valence-electron chi connectivity index (χ2n) is 7.08. The van der Waals surface area contributed by atoms with Gasteiger partial charge in [0, 0.05) is 31.0 Å². The molecule has 0 spiro atoms. The standard InChI is InChI=1S/C19H22N4OS/c1-12-9-16(13(2)8-15(12)21-11-23(4)5)24-18-14(10-20)17(22-25-18)19(3)6-7-19/h8-9,11H,6-7H2,1-5H3/b21-11-. The third-order valence-corrected chi connectivity index (χ3v) is 5.20. The van der Waals surface area contributed by atoms with E-state index < -0.39 is 0 Å². The first-order valence-corrected chi connectivity index (χ1v) is 9.01. The lowest BCUT2D eigenvalue weighted by Gasteiger charge is -2.11. The van der Waals surface area contributed by atoms with E-state index in [2.05, 4.69) is 22.4 Å². The number of nitrogens with zero attached hydrogens (tertiary/aromatic N) is 4. The van der Waals surface area contributed by atoms with E-state index in [0.29, 0.717) is 10.6 Å². The van der Waals surface area contributed by atoms with Crippen LogP contribution >= 0.6 is 11.5 Å². The van der Waals surface area contributed by atoms with Gasteiger partial charge in [-0.3, -0.25) is 0 Å². The highest BCUT2D eigenvalue weighted by molar-refractivity contribution is 7.08. The Balaban J connectivity index is 1.90. The first kappa shape index (κ1) is 17.4. The number of rotatable bonds is 5. The predicted octanol–water partition coefficient (Wildman–Crippen LogP) is 4.70. The van der Waals surface area contributed by atoms with E-state index in [1.165, 1.54) is 11.5 Å². The molecule has 0 atom stereocenters. The van der Waals surface area contributed by atoms with Crippen LogP contribution in [0.4, 0.5) is 5.69 Å². The second-order valence-corrected chi connectivity index (χ2v) is 7.82. The van der Waals surface area contributed by atoms with Crippen molar-refractivity contribution in [2.75, 3.05) is 14.1 Å². The summed E-state index contributed by atoms with van der Waals surface area (Å²) in [4.78, 5) is 6.37. The Morgan fingerprint density at radius 1 is 1.32 bits per heavy atom. The van der Waals surface area contributed by atoms with Crippen molar-refractivity contribution in [2.24, 2.45) is 4.99 Å². The lowest BCUT2D eigenvalue weighted by Crippen LogP contribution is -2.07. The van der Waals surface area contributed by atoms with Crippen LogP contribution in [-0.2, 0) is 5.41 Å². The van der Waals surface area contributed by atoms with Crippen molar-refractivity contribution in [1.82, 2.24) is 9.27 Å². The van der Waals surface area contributed by atoms with Gasteiger partial charge in [-0.1, -0.05) is 6.92 Å². The molecule has 1 heterocycles. The van der Waals surface area contributed by atoms with E-state index in [4.69, 9.17) is 4.74 Å². The lowest BCUT2D eigenvalue weighted by atomic mass is 10.0. The molecule has 5 nitrogen and oxygen atoms in total. The normalized spacial score (nSPS) is 15.2. The van der Waals surface area contributed by atoms with E-state index in [1.807, 2.05) is 45.0 Å². The minimum absolute atomic E-state index is 0.0545. The number of ether oxygens (including phenoxy) is 1. The van der Waals surface area contributed by atoms with Crippen molar-refractivity contribution in [2.45, 2.75) is 39.0 Å². The fraction of sp³-hybridized carbons (Fsp3) is 0.421. The lowest BCUT2D eigenvalue weighted by molar-refractivity contribution is 0.490. The fourth-order valence-electron chi connectivity index (χ4n) is 2.58. The molecule has 1 aromatic carbocycles. The van der Waals surface area contributed by atoms with Crippen molar-refractivity contribution in [1.29, 1.82) is 5.26 Å². The van der Waals surface area contributed by atoms with Crippen LogP contribution in [0.2, 0.25) is 0 Å². The summed E-state index contributed by atoms with van der Waals surface area (Å²) in [5, 5.41) is 10.1. The van der Waals surface area contributed by atoms with Gasteiger partial charge in [0.1, 0.15) is 17.4 Å². The van der Waals surface area contributed by atoms with Gasteiger partial charge in [0.25, 0.3) is 0 Å². The van der Waals surface area contributed by atoms with E-state index in [9.17, 15) is 5.26 Å². The maximum atomic E-state index is 9.56. The topological polar surface area (TPSA) is 61.5 Å². The second kappa shape index (κ2) is 6.49. The minimum Gasteiger partial charge on any atom is -0.443 e. The Labute approximate surface area is 152 Å². The molecule has 1 aromatic heterocycles. The van der Waals surface area contributed by atoms with Gasteiger partial charge in [-0.15, -0.1) is 0 Å². The van der Waals surface area contributed by atoms with Crippen LogP contribution in [0.25, 0.3) is 0 Å². The Morgan fingerprint density at radius 2 is 2.04 bits per heavy atom. The number of aromatic nitrogens is 1. The Hall–Kier alpha value is -2.39. The summed E-state index contributed by atoms with van der Waals surface area (Å²) in [6.45, 7) is 6.14. The summed E-state index contributed by atoms with van der Waals surface area (Å²) in [6, 6.07) is 6.25. The zero-order valence-corrected chi connectivity index (χ0v) is 16.1. The SMILES string of the molecule is Cc1cc(Oc2snc(C3(C)CC3)c2C#N)c(C)cc1/N=C\N(C)C. The highest BCUT2D eigenvalue weighted by Crippen LogP contribution is 2.51. The first-order valence-electron chi connectivity index (χ1n) is 8.24. The molecule has 3 rings (SSSR count). The molecule has 130 valence electrons. The van der Waals surface area contributed by atoms with Crippen LogP contribution in [0.15, 0.2) is 17.1 Å². The smallest absolute Gasteiger partial charge is 0.218 e. The van der Waals surface area contributed by atoms with Crippen LogP contribution in [0.3, 0.4) is 0 Å². The Kier molecular flexibility index (Phi) is 4.53. The molecule has 0 saturated heterocycles. The highest BCUT2D eigenvalue weighted by Gasteiger charge is 2.44. The molecule has 0 N–H and O–H groups in total. The van der Waals surface area contributed by atoms with E-state index in [-0.39, 0.29) is 5.41 Å². The molecule has 0 aliphatic heterocycles. The van der Waals surface area contributed by atoms with Crippen molar-refractivity contribution in [3.05, 3.63) is 34.5 Å². The van der Waals surface area contributed by atoms with E-state index in [1.54, 1.807) is 6.34 Å². The van der Waals surface area contributed by atoms with E-state index >= 15 is 0 Å². The van der Waals surface area contributed by atoms with Gasteiger partial charge in [0.15, 0.2) is 0 Å². The minimum atomic E-state index is 0.0545. The van der Waals surface area contributed by atoms with Crippen LogP contribution in [0, 0.1) is 25.2 Å². The number of hydrogen-bond acceptors (Lipinski definition) is 5. The van der Waals surface area contributed by atoms with Crippen LogP contribution in [0.5, 0.6) is 10.8 Å². The third kappa shape index (κ3) is 3.52. The van der Waals surface area contributed by atoms with Crippen molar-refractivity contribution in [3.63, 3.8) is 0 Å². The number of aryl methyl sites for hydroxylation is 2. The van der Waals surface area contributed by atoms with Crippen molar-refractivity contribution < 1.29 is 4.74 Å². The largest absolute Gasteiger partial charge is 0.443 e. The molecule has 25 heavy (non-hydrogen) atoms. The van der Waals surface area contributed by atoms with Crippen LogP contribution < -0.4 is 4.74 Å². The molecule has 1 fully saturated rings. The van der Waals surface area contributed by atoms with Crippen molar-refractivity contribution >= 4 is 23.6 Å². The number of aliphatic imine (C=N–C) groups is 1. The summed E-state index contributed by atoms with van der Waals surface area (Å²) in [5.41, 5.74) is 4.44. The monoisotopic (exact) mass is 354 g/mol.